The van der Waals surface area contributed by atoms with Crippen molar-refractivity contribution in [3.63, 3.8) is 0 Å². The smallest absolute Gasteiger partial charge is 0.329 e. The van der Waals surface area contributed by atoms with E-state index in [-0.39, 0.29) is 17.6 Å². The lowest BCUT2D eigenvalue weighted by atomic mass is 9.99. The summed E-state index contributed by atoms with van der Waals surface area (Å²) in [7, 11) is 1.65. The summed E-state index contributed by atoms with van der Waals surface area (Å²) in [6.45, 7) is 8.23. The Morgan fingerprint density at radius 3 is 2.57 bits per heavy atom. The molecule has 2 aliphatic heterocycles. The number of hydrogen-bond donors (Lipinski definition) is 1. The minimum Gasteiger partial charge on any atom is -0.390 e. The van der Waals surface area contributed by atoms with E-state index in [1.807, 2.05) is 68.1 Å². The molecule has 234 valence electrons. The monoisotopic (exact) mass is 620 g/mol. The maximum atomic E-state index is 13.4. The van der Waals surface area contributed by atoms with Gasteiger partial charge in [-0.05, 0) is 49.6 Å². The van der Waals surface area contributed by atoms with Crippen LogP contribution in [0.25, 0.3) is 22.3 Å². The minimum atomic E-state index is -0.611. The maximum Gasteiger partial charge on any atom is 0.329 e. The van der Waals surface area contributed by atoms with Crippen molar-refractivity contribution in [1.82, 2.24) is 28.7 Å². The van der Waals surface area contributed by atoms with Gasteiger partial charge in [0.25, 0.3) is 0 Å². The van der Waals surface area contributed by atoms with Gasteiger partial charge in [0.15, 0.2) is 0 Å². The summed E-state index contributed by atoms with van der Waals surface area (Å²) in [4.78, 5) is 29.8. The summed E-state index contributed by atoms with van der Waals surface area (Å²) in [5.74, 6) is 0.0480. The molecule has 1 saturated heterocycles. The molecule has 0 spiro atoms. The van der Waals surface area contributed by atoms with E-state index in [0.717, 1.165) is 65.0 Å². The molecule has 0 saturated carbocycles. The van der Waals surface area contributed by atoms with Crippen LogP contribution in [-0.2, 0) is 35.6 Å². The van der Waals surface area contributed by atoms with E-state index in [1.165, 1.54) is 0 Å². The predicted octanol–water partition coefficient (Wildman–Crippen LogP) is 3.88. The molecule has 11 heteroatoms. The van der Waals surface area contributed by atoms with Crippen LogP contribution in [-0.4, -0.2) is 85.7 Å². The van der Waals surface area contributed by atoms with Crippen molar-refractivity contribution in [3.05, 3.63) is 74.8 Å². The van der Waals surface area contributed by atoms with Crippen LogP contribution < -0.4 is 5.69 Å². The molecule has 2 aliphatic rings. The Morgan fingerprint density at radius 1 is 1.11 bits per heavy atom. The molecular formula is C33H41ClN6O4. The zero-order valence-electron chi connectivity index (χ0n) is 25.7. The molecule has 2 aromatic carbocycles. The largest absolute Gasteiger partial charge is 0.390 e. The molecule has 0 radical (unpaired) electrons. The number of aromatic nitrogens is 4. The first kappa shape index (κ1) is 30.6. The molecule has 10 nitrogen and oxygen atoms in total. The van der Waals surface area contributed by atoms with Gasteiger partial charge >= 0.3 is 5.69 Å². The number of nitrogens with zero attached hydrogens (tertiary/aromatic N) is 6. The minimum absolute atomic E-state index is 0.0141. The molecule has 44 heavy (non-hydrogen) atoms. The number of carbonyl (C=O) groups is 1. The third kappa shape index (κ3) is 5.96. The molecule has 4 aromatic rings. The Kier molecular flexibility index (Phi) is 8.96. The van der Waals surface area contributed by atoms with Gasteiger partial charge in [-0.1, -0.05) is 29.8 Å². The van der Waals surface area contributed by atoms with Gasteiger partial charge in [-0.15, -0.1) is 0 Å². The summed E-state index contributed by atoms with van der Waals surface area (Å²) < 4.78 is 11.0. The number of aryl methyl sites for hydroxylation is 1. The third-order valence-electron chi connectivity index (χ3n) is 9.17. The summed E-state index contributed by atoms with van der Waals surface area (Å²) in [6.07, 6.45) is 1.76. The zero-order valence-corrected chi connectivity index (χ0v) is 26.5. The Labute approximate surface area is 262 Å². The van der Waals surface area contributed by atoms with Crippen molar-refractivity contribution in [2.24, 2.45) is 0 Å². The van der Waals surface area contributed by atoms with Gasteiger partial charge in [0.1, 0.15) is 0 Å². The highest BCUT2D eigenvalue weighted by atomic mass is 35.5. The van der Waals surface area contributed by atoms with Gasteiger partial charge in [0, 0.05) is 81.1 Å². The van der Waals surface area contributed by atoms with E-state index < -0.39 is 6.10 Å². The molecule has 4 heterocycles. The lowest BCUT2D eigenvalue weighted by molar-refractivity contribution is -0.129. The number of halogens is 1. The quantitative estimate of drug-likeness (QED) is 0.305. The van der Waals surface area contributed by atoms with Gasteiger partial charge < -0.3 is 19.6 Å². The van der Waals surface area contributed by atoms with Gasteiger partial charge in [0.2, 0.25) is 5.91 Å². The van der Waals surface area contributed by atoms with E-state index >= 15 is 0 Å². The molecule has 1 fully saturated rings. The molecule has 1 amide bonds. The normalized spacial score (nSPS) is 16.9. The average molecular weight is 621 g/mol. The Morgan fingerprint density at radius 2 is 1.86 bits per heavy atom. The highest BCUT2D eigenvalue weighted by Gasteiger charge is 2.29. The van der Waals surface area contributed by atoms with Crippen LogP contribution in [0.15, 0.2) is 47.3 Å². The SMILES string of the molecule is COCCn1c(=O)n(C2CCN(CC(O)Cn3nc(-c4ccc(Cl)c(C)c4)c4c3CCN(C(C)=O)C4)CC2)c2ccccc21. The summed E-state index contributed by atoms with van der Waals surface area (Å²) in [5.41, 5.74) is 6.80. The number of β-amino-alcohol motifs (C(OH)–C–C–N with tert-alkyl or cyclic N) is 1. The molecule has 2 aromatic heterocycles. The van der Waals surface area contributed by atoms with Crippen LogP contribution in [0.3, 0.4) is 0 Å². The fourth-order valence-electron chi connectivity index (χ4n) is 6.83. The Balaban J connectivity index is 1.15. The molecular weight excluding hydrogens is 580 g/mol. The van der Waals surface area contributed by atoms with E-state index in [4.69, 9.17) is 21.4 Å². The number of rotatable bonds is 9. The van der Waals surface area contributed by atoms with E-state index in [0.29, 0.717) is 50.8 Å². The van der Waals surface area contributed by atoms with Crippen LogP contribution in [0.2, 0.25) is 5.02 Å². The average Bonchev–Trinajstić information content (AvgIpc) is 3.51. The zero-order chi connectivity index (χ0) is 31.0. The van der Waals surface area contributed by atoms with E-state index in [2.05, 4.69) is 4.90 Å². The van der Waals surface area contributed by atoms with E-state index in [1.54, 1.807) is 14.0 Å². The number of amides is 1. The van der Waals surface area contributed by atoms with Crippen molar-refractivity contribution in [2.45, 2.75) is 64.9 Å². The maximum absolute atomic E-state index is 13.4. The number of hydrogen-bond acceptors (Lipinski definition) is 6. The highest BCUT2D eigenvalue weighted by Crippen LogP contribution is 2.32. The predicted molar refractivity (Wildman–Crippen MR) is 171 cm³/mol. The summed E-state index contributed by atoms with van der Waals surface area (Å²) >= 11 is 6.30. The van der Waals surface area contributed by atoms with Crippen molar-refractivity contribution in [3.8, 4) is 11.3 Å². The number of ether oxygens (including phenoxy) is 1. The molecule has 1 unspecified atom stereocenters. The third-order valence-corrected chi connectivity index (χ3v) is 9.60. The van der Waals surface area contributed by atoms with Crippen molar-refractivity contribution < 1.29 is 14.6 Å². The van der Waals surface area contributed by atoms with Gasteiger partial charge in [0.05, 0.1) is 42.5 Å². The van der Waals surface area contributed by atoms with Gasteiger partial charge in [-0.3, -0.25) is 18.6 Å². The lowest BCUT2D eigenvalue weighted by Gasteiger charge is -2.33. The van der Waals surface area contributed by atoms with Crippen molar-refractivity contribution in [1.29, 1.82) is 0 Å². The number of carbonyl (C=O) groups excluding carboxylic acids is 1. The first-order chi connectivity index (χ1) is 21.2. The summed E-state index contributed by atoms with van der Waals surface area (Å²) in [5, 5.41) is 16.9. The lowest BCUT2D eigenvalue weighted by Crippen LogP contribution is -2.42. The van der Waals surface area contributed by atoms with E-state index in [9.17, 15) is 14.7 Å². The molecule has 0 bridgehead atoms. The second-order valence-electron chi connectivity index (χ2n) is 12.1. The number of piperidine rings is 1. The van der Waals surface area contributed by atoms with Crippen molar-refractivity contribution >= 4 is 28.5 Å². The fraction of sp³-hybridized carbons (Fsp3) is 0.485. The number of fused-ring (bicyclic) bond motifs is 2. The topological polar surface area (TPSA) is 97.8 Å². The number of aliphatic hydroxyl groups is 1. The fourth-order valence-corrected chi connectivity index (χ4v) is 6.95. The van der Waals surface area contributed by atoms with Gasteiger partial charge in [-0.2, -0.15) is 5.10 Å². The van der Waals surface area contributed by atoms with Crippen LogP contribution >= 0.6 is 11.6 Å². The van der Waals surface area contributed by atoms with Crippen LogP contribution in [0, 0.1) is 6.92 Å². The number of methoxy groups -OCH3 is 1. The Hall–Kier alpha value is -3.44. The molecule has 6 rings (SSSR count). The second kappa shape index (κ2) is 12.9. The highest BCUT2D eigenvalue weighted by molar-refractivity contribution is 6.31. The Bertz CT molecular complexity index is 1720. The number of likely N-dealkylation sites (tertiary alicyclic amines) is 1. The summed E-state index contributed by atoms with van der Waals surface area (Å²) in [6, 6.07) is 14.0. The van der Waals surface area contributed by atoms with Crippen LogP contribution in [0.4, 0.5) is 0 Å². The molecule has 1 N–H and O–H groups in total. The van der Waals surface area contributed by atoms with Crippen LogP contribution in [0.1, 0.15) is 42.6 Å². The molecule has 1 atom stereocenters. The second-order valence-corrected chi connectivity index (χ2v) is 12.5. The van der Waals surface area contributed by atoms with Crippen LogP contribution in [0.5, 0.6) is 0 Å². The molecule has 0 aliphatic carbocycles. The van der Waals surface area contributed by atoms with Crippen molar-refractivity contribution in [2.75, 3.05) is 39.9 Å². The standard InChI is InChI=1S/C33H41ClN6O4/c1-22-18-24(8-9-28(22)34)32-27-21-37(23(2)41)15-12-29(27)39(35-32)20-26(42)19-36-13-10-25(11-14-36)40-31-7-5-4-6-30(31)38(33(40)43)16-17-44-3/h4-9,18,25-26,42H,10-17,19-21H2,1-3H3. The number of aliphatic hydroxyl groups excluding tert-OH is 1. The number of para-hydroxylation sites is 2. The number of imidazole rings is 1. The number of benzene rings is 2. The van der Waals surface area contributed by atoms with Gasteiger partial charge in [-0.25, -0.2) is 4.79 Å². The first-order valence-electron chi connectivity index (χ1n) is 15.4. The first-order valence-corrected chi connectivity index (χ1v) is 15.8.